The minimum Gasteiger partial charge on any atom is -0.438 e. The summed E-state index contributed by atoms with van der Waals surface area (Å²) in [6.45, 7) is 3.80. The standard InChI is InChI=1S/C15H15N3O/c1-10-5-6-12(9-16)8-14(10)19-15-13(11(2)17)4-3-7-18-15/h3-8,11H,17H2,1-2H3/t11-/m0/s1. The number of nitriles is 1. The van der Waals surface area contributed by atoms with Gasteiger partial charge in [0.15, 0.2) is 0 Å². The van der Waals surface area contributed by atoms with Crippen LogP contribution in [0, 0.1) is 18.3 Å². The zero-order valence-electron chi connectivity index (χ0n) is 10.9. The van der Waals surface area contributed by atoms with E-state index in [0.29, 0.717) is 17.2 Å². The maximum Gasteiger partial charge on any atom is 0.223 e. The summed E-state index contributed by atoms with van der Waals surface area (Å²) in [7, 11) is 0. The van der Waals surface area contributed by atoms with Crippen LogP contribution < -0.4 is 10.5 Å². The minimum absolute atomic E-state index is 0.164. The van der Waals surface area contributed by atoms with Gasteiger partial charge in [-0.3, -0.25) is 0 Å². The second-order valence-electron chi connectivity index (χ2n) is 4.38. The molecule has 1 aromatic carbocycles. The highest BCUT2D eigenvalue weighted by Crippen LogP contribution is 2.29. The van der Waals surface area contributed by atoms with Crippen LogP contribution >= 0.6 is 0 Å². The lowest BCUT2D eigenvalue weighted by molar-refractivity contribution is 0.448. The molecule has 1 aromatic heterocycles. The first kappa shape index (κ1) is 13.1. The zero-order chi connectivity index (χ0) is 13.8. The highest BCUT2D eigenvalue weighted by atomic mass is 16.5. The molecule has 0 saturated heterocycles. The molecule has 0 amide bonds. The molecular weight excluding hydrogens is 238 g/mol. The van der Waals surface area contributed by atoms with Gasteiger partial charge in [-0.25, -0.2) is 4.98 Å². The number of hydrogen-bond donors (Lipinski definition) is 1. The van der Waals surface area contributed by atoms with Gasteiger partial charge in [-0.05, 0) is 37.6 Å². The maximum absolute atomic E-state index is 8.92. The van der Waals surface area contributed by atoms with Crippen LogP contribution in [0.3, 0.4) is 0 Å². The van der Waals surface area contributed by atoms with Crippen LogP contribution in [0.5, 0.6) is 11.6 Å². The Bertz CT molecular complexity index is 630. The van der Waals surface area contributed by atoms with Crippen molar-refractivity contribution < 1.29 is 4.74 Å². The van der Waals surface area contributed by atoms with E-state index in [2.05, 4.69) is 11.1 Å². The molecule has 1 heterocycles. The summed E-state index contributed by atoms with van der Waals surface area (Å²) in [4.78, 5) is 4.21. The summed E-state index contributed by atoms with van der Waals surface area (Å²) in [5, 5.41) is 8.92. The summed E-state index contributed by atoms with van der Waals surface area (Å²) >= 11 is 0. The summed E-state index contributed by atoms with van der Waals surface area (Å²) in [6, 6.07) is 10.9. The summed E-state index contributed by atoms with van der Waals surface area (Å²) in [6.07, 6.45) is 1.66. The van der Waals surface area contributed by atoms with Crippen molar-refractivity contribution in [1.29, 1.82) is 5.26 Å². The molecule has 1 atom stereocenters. The average Bonchev–Trinajstić information content (AvgIpc) is 2.41. The molecule has 0 aliphatic rings. The fourth-order valence-electron chi connectivity index (χ4n) is 1.72. The Kier molecular flexibility index (Phi) is 3.79. The first-order valence-corrected chi connectivity index (χ1v) is 6.01. The molecule has 0 aliphatic carbocycles. The lowest BCUT2D eigenvalue weighted by atomic mass is 10.1. The van der Waals surface area contributed by atoms with Crippen LogP contribution in [0.15, 0.2) is 36.5 Å². The second-order valence-corrected chi connectivity index (χ2v) is 4.38. The third-order valence-corrected chi connectivity index (χ3v) is 2.82. The van der Waals surface area contributed by atoms with E-state index in [0.717, 1.165) is 11.1 Å². The SMILES string of the molecule is Cc1ccc(C#N)cc1Oc1ncccc1[C@H](C)N. The number of hydrogen-bond acceptors (Lipinski definition) is 4. The molecule has 2 N–H and O–H groups in total. The van der Waals surface area contributed by atoms with Crippen molar-refractivity contribution >= 4 is 0 Å². The molecule has 0 saturated carbocycles. The van der Waals surface area contributed by atoms with Gasteiger partial charge in [-0.2, -0.15) is 5.26 Å². The Morgan fingerprint density at radius 2 is 2.16 bits per heavy atom. The Morgan fingerprint density at radius 1 is 1.37 bits per heavy atom. The number of pyridine rings is 1. The molecule has 0 aliphatic heterocycles. The molecule has 4 nitrogen and oxygen atoms in total. The third-order valence-electron chi connectivity index (χ3n) is 2.82. The van der Waals surface area contributed by atoms with E-state index in [1.807, 2.05) is 32.0 Å². The Balaban J connectivity index is 2.39. The Morgan fingerprint density at radius 3 is 2.84 bits per heavy atom. The number of benzene rings is 1. The van der Waals surface area contributed by atoms with E-state index in [1.165, 1.54) is 0 Å². The molecule has 4 heteroatoms. The van der Waals surface area contributed by atoms with Crippen LogP contribution in [0.1, 0.15) is 29.7 Å². The second kappa shape index (κ2) is 5.51. The number of ether oxygens (including phenoxy) is 1. The van der Waals surface area contributed by atoms with Crippen LogP contribution in [-0.4, -0.2) is 4.98 Å². The molecule has 0 radical (unpaired) electrons. The molecule has 2 rings (SSSR count). The van der Waals surface area contributed by atoms with Gasteiger partial charge in [0.2, 0.25) is 5.88 Å². The predicted octanol–water partition coefficient (Wildman–Crippen LogP) is 3.07. The van der Waals surface area contributed by atoms with Crippen molar-refractivity contribution in [3.8, 4) is 17.7 Å². The van der Waals surface area contributed by atoms with Crippen molar-refractivity contribution in [3.05, 3.63) is 53.2 Å². The summed E-state index contributed by atoms with van der Waals surface area (Å²) in [5.41, 5.74) is 8.23. The number of rotatable bonds is 3. The van der Waals surface area contributed by atoms with Gasteiger partial charge in [-0.1, -0.05) is 12.1 Å². The smallest absolute Gasteiger partial charge is 0.223 e. The van der Waals surface area contributed by atoms with Crippen molar-refractivity contribution in [1.82, 2.24) is 4.98 Å². The van der Waals surface area contributed by atoms with E-state index in [4.69, 9.17) is 15.7 Å². The van der Waals surface area contributed by atoms with Crippen molar-refractivity contribution in [2.45, 2.75) is 19.9 Å². The van der Waals surface area contributed by atoms with Gasteiger partial charge >= 0.3 is 0 Å². The van der Waals surface area contributed by atoms with E-state index in [-0.39, 0.29) is 6.04 Å². The topological polar surface area (TPSA) is 71.9 Å². The number of nitrogens with two attached hydrogens (primary N) is 1. The molecule has 0 fully saturated rings. The monoisotopic (exact) mass is 253 g/mol. The molecular formula is C15H15N3O. The maximum atomic E-state index is 8.92. The van der Waals surface area contributed by atoms with Crippen molar-refractivity contribution in [2.75, 3.05) is 0 Å². The van der Waals surface area contributed by atoms with E-state index in [1.54, 1.807) is 18.3 Å². The first-order valence-electron chi connectivity index (χ1n) is 6.01. The highest BCUT2D eigenvalue weighted by molar-refractivity contribution is 5.44. The predicted molar refractivity (Wildman–Crippen MR) is 72.8 cm³/mol. The Labute approximate surface area is 112 Å². The lowest BCUT2D eigenvalue weighted by Crippen LogP contribution is -2.07. The average molecular weight is 253 g/mol. The van der Waals surface area contributed by atoms with Gasteiger partial charge < -0.3 is 10.5 Å². The van der Waals surface area contributed by atoms with E-state index >= 15 is 0 Å². The fraction of sp³-hybridized carbons (Fsp3) is 0.200. The van der Waals surface area contributed by atoms with Crippen LogP contribution in [0.2, 0.25) is 0 Å². The molecule has 0 spiro atoms. The zero-order valence-corrected chi connectivity index (χ0v) is 10.9. The van der Waals surface area contributed by atoms with Crippen molar-refractivity contribution in [2.24, 2.45) is 5.73 Å². The number of aryl methyl sites for hydroxylation is 1. The summed E-state index contributed by atoms with van der Waals surface area (Å²) < 4.78 is 5.80. The van der Waals surface area contributed by atoms with Gasteiger partial charge in [0.25, 0.3) is 0 Å². The Hall–Kier alpha value is -2.38. The van der Waals surface area contributed by atoms with Gasteiger partial charge in [0, 0.05) is 17.8 Å². The van der Waals surface area contributed by atoms with Crippen LogP contribution in [0.4, 0.5) is 0 Å². The van der Waals surface area contributed by atoms with Crippen LogP contribution in [-0.2, 0) is 0 Å². The van der Waals surface area contributed by atoms with Gasteiger partial charge in [-0.15, -0.1) is 0 Å². The third kappa shape index (κ3) is 2.90. The fourth-order valence-corrected chi connectivity index (χ4v) is 1.72. The van der Waals surface area contributed by atoms with Crippen molar-refractivity contribution in [3.63, 3.8) is 0 Å². The molecule has 2 aromatic rings. The molecule has 0 unspecified atom stereocenters. The quantitative estimate of drug-likeness (QED) is 0.912. The van der Waals surface area contributed by atoms with E-state index < -0.39 is 0 Å². The largest absolute Gasteiger partial charge is 0.438 e. The molecule has 0 bridgehead atoms. The van der Waals surface area contributed by atoms with Gasteiger partial charge in [0.1, 0.15) is 5.75 Å². The minimum atomic E-state index is -0.164. The number of aromatic nitrogens is 1. The lowest BCUT2D eigenvalue weighted by Gasteiger charge is -2.13. The van der Waals surface area contributed by atoms with Crippen LogP contribution in [0.25, 0.3) is 0 Å². The highest BCUT2D eigenvalue weighted by Gasteiger charge is 2.11. The summed E-state index contributed by atoms with van der Waals surface area (Å²) in [5.74, 6) is 1.11. The van der Waals surface area contributed by atoms with E-state index in [9.17, 15) is 0 Å². The normalized spacial score (nSPS) is 11.7. The van der Waals surface area contributed by atoms with Gasteiger partial charge in [0.05, 0.1) is 11.6 Å². The molecule has 96 valence electrons. The first-order chi connectivity index (χ1) is 9.11. The molecule has 19 heavy (non-hydrogen) atoms. The number of nitrogens with zero attached hydrogens (tertiary/aromatic N) is 2.